The van der Waals surface area contributed by atoms with Gasteiger partial charge in [0.1, 0.15) is 6.10 Å². The molecule has 0 aliphatic rings. The highest BCUT2D eigenvalue weighted by Crippen LogP contribution is 2.25. The summed E-state index contributed by atoms with van der Waals surface area (Å²) in [5, 5.41) is 20.3. The molecular weight excluding hydrogens is 202 g/mol. The van der Waals surface area contributed by atoms with Crippen LogP contribution in [0.5, 0.6) is 0 Å². The number of carboxylic acid groups (broad SMARTS) is 1. The molecule has 2 unspecified atom stereocenters. The minimum absolute atomic E-state index is 0.454. The van der Waals surface area contributed by atoms with Crippen molar-refractivity contribution in [2.75, 3.05) is 0 Å². The van der Waals surface area contributed by atoms with E-state index in [1.807, 2.05) is 6.92 Å². The molecule has 0 aliphatic carbocycles. The van der Waals surface area contributed by atoms with Gasteiger partial charge in [0.25, 0.3) is 0 Å². The predicted octanol–water partition coefficient (Wildman–Crippen LogP) is 1.68. The van der Waals surface area contributed by atoms with Gasteiger partial charge in [0, 0.05) is 5.38 Å². The summed E-state index contributed by atoms with van der Waals surface area (Å²) in [4.78, 5) is 14.7. The molecule has 5 heteroatoms. The van der Waals surface area contributed by atoms with Crippen LogP contribution < -0.4 is 0 Å². The van der Waals surface area contributed by atoms with Crippen LogP contribution in [0, 0.1) is 5.92 Å². The highest BCUT2D eigenvalue weighted by Gasteiger charge is 2.27. The van der Waals surface area contributed by atoms with E-state index < -0.39 is 18.0 Å². The standard InChI is InChI=1S/C9H13NO3S/c1-2-3-6(9(12)13)8(11)7-4-14-5-10-7/h4-6,8,11H,2-3H2,1H3,(H,12,13). The van der Waals surface area contributed by atoms with Gasteiger partial charge in [-0.15, -0.1) is 11.3 Å². The Morgan fingerprint density at radius 3 is 2.86 bits per heavy atom. The monoisotopic (exact) mass is 215 g/mol. The van der Waals surface area contributed by atoms with Gasteiger partial charge in [-0.2, -0.15) is 0 Å². The van der Waals surface area contributed by atoms with Crippen molar-refractivity contribution in [3.05, 3.63) is 16.6 Å². The highest BCUT2D eigenvalue weighted by molar-refractivity contribution is 7.07. The first kappa shape index (κ1) is 11.1. The summed E-state index contributed by atoms with van der Waals surface area (Å²) in [6.07, 6.45) is 0.213. The Morgan fingerprint density at radius 1 is 1.71 bits per heavy atom. The number of aliphatic carboxylic acids is 1. The maximum atomic E-state index is 10.8. The molecule has 0 fully saturated rings. The van der Waals surface area contributed by atoms with E-state index in [2.05, 4.69) is 4.98 Å². The fourth-order valence-electron chi connectivity index (χ4n) is 1.30. The van der Waals surface area contributed by atoms with Gasteiger partial charge in [-0.1, -0.05) is 13.3 Å². The third-order valence-electron chi connectivity index (χ3n) is 2.05. The quantitative estimate of drug-likeness (QED) is 0.784. The summed E-state index contributed by atoms with van der Waals surface area (Å²) in [7, 11) is 0. The lowest BCUT2D eigenvalue weighted by Crippen LogP contribution is -2.22. The van der Waals surface area contributed by atoms with E-state index in [9.17, 15) is 9.90 Å². The highest BCUT2D eigenvalue weighted by atomic mass is 32.1. The van der Waals surface area contributed by atoms with Gasteiger partial charge in [-0.25, -0.2) is 4.98 Å². The maximum absolute atomic E-state index is 10.8. The van der Waals surface area contributed by atoms with Crippen LogP contribution in [0.4, 0.5) is 0 Å². The van der Waals surface area contributed by atoms with Crippen molar-refractivity contribution in [2.24, 2.45) is 5.92 Å². The van der Waals surface area contributed by atoms with E-state index in [1.165, 1.54) is 11.3 Å². The summed E-state index contributed by atoms with van der Waals surface area (Å²) >= 11 is 1.35. The zero-order valence-electron chi connectivity index (χ0n) is 7.88. The van der Waals surface area contributed by atoms with E-state index in [1.54, 1.807) is 10.9 Å². The molecule has 0 aliphatic heterocycles. The number of nitrogens with zero attached hydrogens (tertiary/aromatic N) is 1. The Labute approximate surface area is 86.2 Å². The molecule has 2 N–H and O–H groups in total. The molecule has 0 saturated carbocycles. The van der Waals surface area contributed by atoms with Crippen molar-refractivity contribution in [2.45, 2.75) is 25.9 Å². The fraction of sp³-hybridized carbons (Fsp3) is 0.556. The molecule has 1 rings (SSSR count). The molecule has 0 saturated heterocycles. The first-order valence-electron chi connectivity index (χ1n) is 4.45. The van der Waals surface area contributed by atoms with Gasteiger partial charge in [-0.05, 0) is 6.42 Å². The van der Waals surface area contributed by atoms with E-state index in [0.29, 0.717) is 12.1 Å². The second-order valence-electron chi connectivity index (χ2n) is 3.09. The Morgan fingerprint density at radius 2 is 2.43 bits per heavy atom. The maximum Gasteiger partial charge on any atom is 0.309 e. The first-order valence-corrected chi connectivity index (χ1v) is 5.40. The molecule has 0 spiro atoms. The van der Waals surface area contributed by atoms with Gasteiger partial charge < -0.3 is 10.2 Å². The van der Waals surface area contributed by atoms with Crippen molar-refractivity contribution < 1.29 is 15.0 Å². The van der Waals surface area contributed by atoms with E-state index in [0.717, 1.165) is 6.42 Å². The van der Waals surface area contributed by atoms with Gasteiger partial charge in [-0.3, -0.25) is 4.79 Å². The Bertz CT molecular complexity index is 286. The molecule has 14 heavy (non-hydrogen) atoms. The molecule has 78 valence electrons. The smallest absolute Gasteiger partial charge is 0.309 e. The number of carbonyl (C=O) groups is 1. The van der Waals surface area contributed by atoms with Crippen molar-refractivity contribution in [3.8, 4) is 0 Å². The molecule has 4 nitrogen and oxygen atoms in total. The van der Waals surface area contributed by atoms with Crippen molar-refractivity contribution in [1.82, 2.24) is 4.98 Å². The molecule has 1 aromatic rings. The first-order chi connectivity index (χ1) is 6.66. The number of hydrogen-bond acceptors (Lipinski definition) is 4. The van der Waals surface area contributed by atoms with Gasteiger partial charge >= 0.3 is 5.97 Å². The second-order valence-corrected chi connectivity index (χ2v) is 3.81. The van der Waals surface area contributed by atoms with Crippen molar-refractivity contribution in [1.29, 1.82) is 0 Å². The zero-order valence-corrected chi connectivity index (χ0v) is 8.70. The van der Waals surface area contributed by atoms with E-state index in [-0.39, 0.29) is 0 Å². The Balaban J connectivity index is 2.73. The summed E-state index contributed by atoms with van der Waals surface area (Å²) in [6, 6.07) is 0. The molecule has 0 aromatic carbocycles. The van der Waals surface area contributed by atoms with E-state index in [4.69, 9.17) is 5.11 Å². The minimum atomic E-state index is -0.987. The number of aliphatic hydroxyl groups excluding tert-OH is 1. The Hall–Kier alpha value is -0.940. The fourth-order valence-corrected chi connectivity index (χ4v) is 1.88. The summed E-state index contributed by atoms with van der Waals surface area (Å²) in [5.74, 6) is -1.71. The molecule has 0 radical (unpaired) electrons. The van der Waals surface area contributed by atoms with Crippen molar-refractivity contribution in [3.63, 3.8) is 0 Å². The van der Waals surface area contributed by atoms with Crippen LogP contribution in [-0.4, -0.2) is 21.2 Å². The normalized spacial score (nSPS) is 15.0. The molecule has 2 atom stereocenters. The van der Waals surface area contributed by atoms with Crippen molar-refractivity contribution >= 4 is 17.3 Å². The largest absolute Gasteiger partial charge is 0.481 e. The van der Waals surface area contributed by atoms with Crippen LogP contribution in [0.2, 0.25) is 0 Å². The van der Waals surface area contributed by atoms with E-state index >= 15 is 0 Å². The molecule has 1 heterocycles. The minimum Gasteiger partial charge on any atom is -0.481 e. The average molecular weight is 215 g/mol. The third-order valence-corrected chi connectivity index (χ3v) is 2.66. The summed E-state index contributed by atoms with van der Waals surface area (Å²) in [5.41, 5.74) is 2.04. The number of hydrogen-bond donors (Lipinski definition) is 2. The van der Waals surface area contributed by atoms with Gasteiger partial charge in [0.05, 0.1) is 17.1 Å². The van der Waals surface area contributed by atoms with Crippen LogP contribution >= 0.6 is 11.3 Å². The van der Waals surface area contributed by atoms with Gasteiger partial charge in [0.2, 0.25) is 0 Å². The topological polar surface area (TPSA) is 70.4 Å². The lowest BCUT2D eigenvalue weighted by molar-refractivity contribution is -0.146. The van der Waals surface area contributed by atoms with Crippen LogP contribution in [0.3, 0.4) is 0 Å². The molecule has 0 bridgehead atoms. The zero-order chi connectivity index (χ0) is 10.6. The summed E-state index contributed by atoms with van der Waals surface area (Å²) < 4.78 is 0. The molecular formula is C9H13NO3S. The predicted molar refractivity (Wildman–Crippen MR) is 53.1 cm³/mol. The van der Waals surface area contributed by atoms with Crippen LogP contribution in [0.1, 0.15) is 31.6 Å². The number of aromatic nitrogens is 1. The van der Waals surface area contributed by atoms with Crippen LogP contribution in [-0.2, 0) is 4.79 Å². The lowest BCUT2D eigenvalue weighted by Gasteiger charge is -2.16. The second kappa shape index (κ2) is 5.07. The van der Waals surface area contributed by atoms with Crippen LogP contribution in [0.25, 0.3) is 0 Å². The lowest BCUT2D eigenvalue weighted by atomic mass is 9.95. The number of thiazole rings is 1. The Kier molecular flexibility index (Phi) is 4.03. The third kappa shape index (κ3) is 2.52. The molecule has 0 amide bonds. The number of carboxylic acids is 1. The number of rotatable bonds is 5. The average Bonchev–Trinajstić information content (AvgIpc) is 2.65. The van der Waals surface area contributed by atoms with Gasteiger partial charge in [0.15, 0.2) is 0 Å². The summed E-state index contributed by atoms with van der Waals surface area (Å²) in [6.45, 7) is 1.89. The SMILES string of the molecule is CCCC(C(=O)O)C(O)c1cscn1. The molecule has 1 aromatic heterocycles. The van der Waals surface area contributed by atoms with Crippen LogP contribution in [0.15, 0.2) is 10.9 Å². The number of aliphatic hydroxyl groups is 1.